The normalized spacial score (nSPS) is 15.1. The predicted molar refractivity (Wildman–Crippen MR) is 107 cm³/mol. The fraction of sp³-hybridized carbons (Fsp3) is 0.389. The number of ketones is 1. The molecule has 1 fully saturated rings. The third-order valence-electron chi connectivity index (χ3n) is 4.29. The van der Waals surface area contributed by atoms with Gasteiger partial charge in [-0.15, -0.1) is 0 Å². The zero-order valence-electron chi connectivity index (χ0n) is 14.0. The number of aromatic nitrogens is 2. The summed E-state index contributed by atoms with van der Waals surface area (Å²) >= 11 is 3.32. The second kappa shape index (κ2) is 8.40. The molecule has 0 atom stereocenters. The molecule has 1 aliphatic heterocycles. The second-order valence-electron chi connectivity index (χ2n) is 6.15. The first-order valence-electron chi connectivity index (χ1n) is 8.52. The van der Waals surface area contributed by atoms with Crippen molar-refractivity contribution < 1.29 is 7.65 Å². The van der Waals surface area contributed by atoms with Crippen LogP contribution in [0.15, 0.2) is 34.9 Å². The summed E-state index contributed by atoms with van der Waals surface area (Å²) in [5, 5.41) is 3.30. The van der Waals surface area contributed by atoms with Crippen LogP contribution in [-0.2, 0) is 0 Å². The van der Waals surface area contributed by atoms with Crippen molar-refractivity contribution in [2.24, 2.45) is 0 Å². The molecule has 0 aromatic carbocycles. The van der Waals surface area contributed by atoms with E-state index in [0.29, 0.717) is 21.5 Å². The average molecular weight is 408 g/mol. The minimum Gasteiger partial charge on any atom is -0.383 e. The van der Waals surface area contributed by atoms with Crippen molar-refractivity contribution in [1.29, 1.82) is 0 Å². The molecule has 1 aliphatic rings. The van der Waals surface area contributed by atoms with Crippen molar-refractivity contribution in [3.63, 3.8) is 0 Å². The van der Waals surface area contributed by atoms with Crippen LogP contribution in [0.1, 0.15) is 38.2 Å². The van der Waals surface area contributed by atoms with Gasteiger partial charge in [0.05, 0.1) is 5.56 Å². The molecule has 0 aliphatic carbocycles. The van der Waals surface area contributed by atoms with Gasteiger partial charge >= 0.3 is 0 Å². The number of carbonyl (C=O) groups is 1. The molecule has 3 rings (SSSR count). The quantitative estimate of drug-likeness (QED) is 0.713. The van der Waals surface area contributed by atoms with E-state index in [4.69, 9.17) is 5.73 Å². The number of pyridine rings is 2. The highest BCUT2D eigenvalue weighted by atomic mass is 79.9. The Morgan fingerprint density at radius 3 is 2.92 bits per heavy atom. The van der Waals surface area contributed by atoms with Gasteiger partial charge in [-0.2, -0.15) is 0 Å². The molecule has 2 aromatic rings. The molecule has 0 bridgehead atoms. The van der Waals surface area contributed by atoms with Gasteiger partial charge in [0, 0.05) is 26.6 Å². The molecule has 3 N–H and O–H groups in total. The molecule has 136 valence electrons. The van der Waals surface area contributed by atoms with Crippen LogP contribution in [0.5, 0.6) is 0 Å². The summed E-state index contributed by atoms with van der Waals surface area (Å²) in [6.45, 7) is 4.14. The Hall–Kier alpha value is -1.99. The van der Waals surface area contributed by atoms with Gasteiger partial charge in [0.1, 0.15) is 17.3 Å². The maximum atomic E-state index is 12.7. The van der Waals surface area contributed by atoms with E-state index in [1.54, 1.807) is 18.3 Å². The van der Waals surface area contributed by atoms with Gasteiger partial charge in [0.2, 0.25) is 5.78 Å². The van der Waals surface area contributed by atoms with Crippen molar-refractivity contribution in [3.8, 4) is 0 Å². The van der Waals surface area contributed by atoms with E-state index in [-0.39, 0.29) is 14.5 Å². The first kappa shape index (κ1) is 17.8. The standard InChI is InChI=1S/C18H22BrN5O.2H2/c19-13-11-14(18(20)22-12-13)17(25)15-5-4-6-16(23-15)21-7-10-24-8-2-1-3-9-24;;/h4-6,11-12H,1-3,7-10H2,(H2,20,22)(H,21,23);2*1H. The van der Waals surface area contributed by atoms with Crippen LogP contribution in [0.2, 0.25) is 0 Å². The number of likely N-dealkylation sites (tertiary alicyclic amines) is 1. The van der Waals surface area contributed by atoms with Crippen molar-refractivity contribution in [1.82, 2.24) is 14.9 Å². The number of halogens is 1. The largest absolute Gasteiger partial charge is 0.383 e. The lowest BCUT2D eigenvalue weighted by atomic mass is 10.1. The molecule has 1 saturated heterocycles. The molecule has 7 heteroatoms. The summed E-state index contributed by atoms with van der Waals surface area (Å²) in [4.78, 5) is 23.5. The first-order valence-corrected chi connectivity index (χ1v) is 9.32. The van der Waals surface area contributed by atoms with Crippen molar-refractivity contribution in [2.75, 3.05) is 37.2 Å². The highest BCUT2D eigenvalue weighted by Gasteiger charge is 2.16. The number of piperidine rings is 1. The van der Waals surface area contributed by atoms with Crippen LogP contribution in [0, 0.1) is 0 Å². The van der Waals surface area contributed by atoms with E-state index in [1.807, 2.05) is 12.1 Å². The lowest BCUT2D eigenvalue weighted by Gasteiger charge is -2.26. The van der Waals surface area contributed by atoms with E-state index in [9.17, 15) is 4.79 Å². The maximum absolute atomic E-state index is 12.7. The van der Waals surface area contributed by atoms with Gasteiger partial charge in [-0.1, -0.05) is 12.5 Å². The Balaban J connectivity index is 0.00000182. The molecule has 3 heterocycles. The Labute approximate surface area is 158 Å². The molecule has 0 spiro atoms. The smallest absolute Gasteiger partial charge is 0.215 e. The van der Waals surface area contributed by atoms with E-state index < -0.39 is 0 Å². The van der Waals surface area contributed by atoms with Crippen LogP contribution >= 0.6 is 15.9 Å². The lowest BCUT2D eigenvalue weighted by Crippen LogP contribution is -2.33. The van der Waals surface area contributed by atoms with Crippen molar-refractivity contribution >= 4 is 33.3 Å². The molecule has 25 heavy (non-hydrogen) atoms. The Kier molecular flexibility index (Phi) is 5.99. The summed E-state index contributed by atoms with van der Waals surface area (Å²) in [6.07, 6.45) is 5.47. The number of anilines is 2. The molecular formula is C18H26BrN5O. The van der Waals surface area contributed by atoms with Crippen molar-refractivity contribution in [3.05, 3.63) is 46.2 Å². The number of hydrogen-bond donors (Lipinski definition) is 2. The number of nitrogens with zero attached hydrogens (tertiary/aromatic N) is 3. The topological polar surface area (TPSA) is 84.1 Å². The van der Waals surface area contributed by atoms with Gasteiger partial charge in [0.25, 0.3) is 0 Å². The van der Waals surface area contributed by atoms with Crippen LogP contribution in [0.3, 0.4) is 0 Å². The minimum atomic E-state index is -0.231. The number of nitrogens with two attached hydrogens (primary N) is 1. The number of nitrogens with one attached hydrogen (secondary N) is 1. The Bertz CT molecular complexity index is 756. The number of hydrogen-bond acceptors (Lipinski definition) is 6. The molecule has 0 amide bonds. The average Bonchev–Trinajstić information content (AvgIpc) is 2.64. The molecule has 0 unspecified atom stereocenters. The SMILES string of the molecule is Nc1ncc(Br)cc1C(=O)c1cccc(NCCN2CCCCC2)n1.[HH].[HH]. The Morgan fingerprint density at radius 2 is 2.12 bits per heavy atom. The maximum Gasteiger partial charge on any atom is 0.215 e. The molecule has 2 aromatic heterocycles. The third kappa shape index (κ3) is 4.76. The molecular weight excluding hydrogens is 382 g/mol. The van der Waals surface area contributed by atoms with Crippen LogP contribution in [0.25, 0.3) is 0 Å². The lowest BCUT2D eigenvalue weighted by molar-refractivity contribution is 0.103. The first-order chi connectivity index (χ1) is 12.1. The van der Waals surface area contributed by atoms with E-state index >= 15 is 0 Å². The summed E-state index contributed by atoms with van der Waals surface area (Å²) in [5.41, 5.74) is 6.54. The highest BCUT2D eigenvalue weighted by molar-refractivity contribution is 9.10. The zero-order chi connectivity index (χ0) is 17.6. The van der Waals surface area contributed by atoms with Crippen molar-refractivity contribution in [2.45, 2.75) is 19.3 Å². The third-order valence-corrected chi connectivity index (χ3v) is 4.73. The van der Waals surface area contributed by atoms with Crippen LogP contribution in [0.4, 0.5) is 11.6 Å². The summed E-state index contributed by atoms with van der Waals surface area (Å²) < 4.78 is 0.709. The number of nitrogen functional groups attached to an aromatic ring is 1. The summed E-state index contributed by atoms with van der Waals surface area (Å²) in [6, 6.07) is 7.06. The zero-order valence-corrected chi connectivity index (χ0v) is 15.6. The van der Waals surface area contributed by atoms with Gasteiger partial charge in [-0.25, -0.2) is 9.97 Å². The van der Waals surface area contributed by atoms with Gasteiger partial charge in [-0.3, -0.25) is 4.79 Å². The van der Waals surface area contributed by atoms with E-state index in [0.717, 1.165) is 13.1 Å². The van der Waals surface area contributed by atoms with Gasteiger partial charge in [-0.05, 0) is 60.1 Å². The minimum absolute atomic E-state index is 0. The number of carbonyl (C=O) groups excluding carboxylic acids is 1. The van der Waals surface area contributed by atoms with E-state index in [1.165, 1.54) is 32.4 Å². The Morgan fingerprint density at radius 1 is 1.32 bits per heavy atom. The monoisotopic (exact) mass is 407 g/mol. The van der Waals surface area contributed by atoms with E-state index in [2.05, 4.69) is 36.1 Å². The molecule has 0 radical (unpaired) electrons. The molecule has 0 saturated carbocycles. The number of rotatable bonds is 6. The summed E-state index contributed by atoms with van der Waals surface area (Å²) in [7, 11) is 0. The second-order valence-corrected chi connectivity index (χ2v) is 7.07. The summed E-state index contributed by atoms with van der Waals surface area (Å²) in [5.74, 6) is 0.675. The fourth-order valence-corrected chi connectivity index (χ4v) is 3.29. The highest BCUT2D eigenvalue weighted by Crippen LogP contribution is 2.19. The van der Waals surface area contributed by atoms with Crippen LogP contribution < -0.4 is 11.1 Å². The molecule has 6 nitrogen and oxygen atoms in total. The van der Waals surface area contributed by atoms with Gasteiger partial charge in [0.15, 0.2) is 0 Å². The predicted octanol–water partition coefficient (Wildman–Crippen LogP) is 3.44. The van der Waals surface area contributed by atoms with Crippen LogP contribution in [-0.4, -0.2) is 46.8 Å². The fourth-order valence-electron chi connectivity index (χ4n) is 2.95. The van der Waals surface area contributed by atoms with Gasteiger partial charge < -0.3 is 16.0 Å².